The van der Waals surface area contributed by atoms with E-state index < -0.39 is 0 Å². The van der Waals surface area contributed by atoms with Crippen molar-refractivity contribution in [2.45, 2.75) is 18.8 Å². The molecule has 45 heavy (non-hydrogen) atoms. The van der Waals surface area contributed by atoms with Crippen molar-refractivity contribution in [1.82, 2.24) is 4.57 Å². The third-order valence-corrected chi connectivity index (χ3v) is 9.40. The van der Waals surface area contributed by atoms with Crippen molar-refractivity contribution in [3.05, 3.63) is 174 Å². The molecule has 0 radical (unpaired) electrons. The Morgan fingerprint density at radius 3 is 1.89 bits per heavy atom. The zero-order chi connectivity index (χ0) is 29.7. The molecule has 0 aliphatic heterocycles. The van der Waals surface area contributed by atoms with Gasteiger partial charge in [0.15, 0.2) is 0 Å². The monoisotopic (exact) mass is 577 g/mol. The summed E-state index contributed by atoms with van der Waals surface area (Å²) < 4.78 is 9.10. The highest BCUT2D eigenvalue weighted by Gasteiger charge is 2.23. The summed E-state index contributed by atoms with van der Waals surface area (Å²) in [6.07, 6.45) is 1.95. The number of nitrogens with zero attached hydrogens (tertiary/aromatic N) is 1. The number of hydrogen-bond donors (Lipinski definition) is 0. The van der Waals surface area contributed by atoms with E-state index >= 15 is 0 Å². The number of fused-ring (bicyclic) bond motifs is 10. The lowest BCUT2D eigenvalue weighted by molar-refractivity contribution is 0.673. The van der Waals surface area contributed by atoms with Crippen LogP contribution < -0.4 is 0 Å². The van der Waals surface area contributed by atoms with E-state index in [1.54, 1.807) is 0 Å². The molecule has 2 nitrogen and oxygen atoms in total. The van der Waals surface area contributed by atoms with Gasteiger partial charge in [-0.2, -0.15) is 0 Å². The molecular weight excluding hydrogens is 546 g/mol. The molecule has 0 saturated carbocycles. The fourth-order valence-corrected chi connectivity index (χ4v) is 7.41. The molecule has 9 aromatic rings. The summed E-state index contributed by atoms with van der Waals surface area (Å²) in [4.78, 5) is 0. The van der Waals surface area contributed by atoms with Gasteiger partial charge in [-0.1, -0.05) is 127 Å². The summed E-state index contributed by atoms with van der Waals surface area (Å²) in [6, 6.07) is 57.0. The van der Waals surface area contributed by atoms with Crippen molar-refractivity contribution in [3.8, 4) is 5.69 Å². The summed E-state index contributed by atoms with van der Waals surface area (Å²) >= 11 is 0. The van der Waals surface area contributed by atoms with Gasteiger partial charge in [-0.05, 0) is 65.8 Å². The molecule has 0 bridgehead atoms. The van der Waals surface area contributed by atoms with E-state index in [4.69, 9.17) is 4.42 Å². The molecule has 2 heteroatoms. The van der Waals surface area contributed by atoms with Gasteiger partial charge < -0.3 is 8.98 Å². The Balaban J connectivity index is 1.35. The third-order valence-electron chi connectivity index (χ3n) is 9.40. The van der Waals surface area contributed by atoms with E-state index in [9.17, 15) is 0 Å². The van der Waals surface area contributed by atoms with Crippen LogP contribution in [0, 0.1) is 0 Å². The minimum atomic E-state index is 0.365. The van der Waals surface area contributed by atoms with Crippen LogP contribution in [0.5, 0.6) is 0 Å². The molecule has 7 aromatic carbocycles. The minimum absolute atomic E-state index is 0.365. The molecule has 1 unspecified atom stereocenters. The quantitative estimate of drug-likeness (QED) is 0.192. The number of benzene rings is 7. The number of para-hydroxylation sites is 2. The predicted octanol–water partition coefficient (Wildman–Crippen LogP) is 11.4. The average Bonchev–Trinajstić information content (AvgIpc) is 3.66. The molecule has 0 aliphatic carbocycles. The Bertz CT molecular complexity index is 2470. The van der Waals surface area contributed by atoms with Gasteiger partial charge in [0.05, 0.1) is 11.0 Å². The largest absolute Gasteiger partial charge is 0.455 e. The van der Waals surface area contributed by atoms with Gasteiger partial charge in [0.25, 0.3) is 0 Å². The maximum Gasteiger partial charge on any atom is 0.144 e. The fraction of sp³-hybridized carbons (Fsp3) is 0.0698. The molecule has 1 atom stereocenters. The topological polar surface area (TPSA) is 18.1 Å². The van der Waals surface area contributed by atoms with Crippen LogP contribution in [-0.4, -0.2) is 4.57 Å². The molecule has 0 N–H and O–H groups in total. The van der Waals surface area contributed by atoms with E-state index in [2.05, 4.69) is 162 Å². The Labute approximate surface area is 261 Å². The molecule has 2 heterocycles. The van der Waals surface area contributed by atoms with Gasteiger partial charge in [0, 0.05) is 38.0 Å². The van der Waals surface area contributed by atoms with Crippen LogP contribution in [0.1, 0.15) is 22.6 Å². The molecule has 0 aliphatic rings. The smallest absolute Gasteiger partial charge is 0.144 e. The van der Waals surface area contributed by atoms with E-state index in [1.807, 2.05) is 0 Å². The van der Waals surface area contributed by atoms with E-state index in [-0.39, 0.29) is 0 Å². The maximum atomic E-state index is 6.65. The SMILES string of the molecule is c1ccc(CC(Cc2ccc3c(c2)c2c4c5ccccc5oc4c4ccccc4c2n3-c2ccccc2)c2ccccc2)cc1. The second-order valence-corrected chi connectivity index (χ2v) is 12.1. The summed E-state index contributed by atoms with van der Waals surface area (Å²) in [5.74, 6) is 0.365. The second kappa shape index (κ2) is 10.5. The van der Waals surface area contributed by atoms with Crippen LogP contribution in [0.4, 0.5) is 0 Å². The highest BCUT2D eigenvalue weighted by Crippen LogP contribution is 2.46. The Hall–Kier alpha value is -5.60. The van der Waals surface area contributed by atoms with Gasteiger partial charge in [-0.25, -0.2) is 0 Å². The molecular formula is C43H31NO. The average molecular weight is 578 g/mol. The Kier molecular flexibility index (Phi) is 6.05. The van der Waals surface area contributed by atoms with Crippen LogP contribution in [-0.2, 0) is 12.8 Å². The zero-order valence-electron chi connectivity index (χ0n) is 24.9. The highest BCUT2D eigenvalue weighted by molar-refractivity contribution is 6.36. The predicted molar refractivity (Wildman–Crippen MR) is 189 cm³/mol. The number of furan rings is 1. The molecule has 9 rings (SSSR count). The fourth-order valence-electron chi connectivity index (χ4n) is 7.41. The summed E-state index contributed by atoms with van der Waals surface area (Å²) in [7, 11) is 0. The summed E-state index contributed by atoms with van der Waals surface area (Å²) in [5, 5.41) is 7.22. The molecule has 0 saturated heterocycles. The van der Waals surface area contributed by atoms with Crippen LogP contribution >= 0.6 is 0 Å². The van der Waals surface area contributed by atoms with Crippen molar-refractivity contribution >= 4 is 54.5 Å². The van der Waals surface area contributed by atoms with Crippen molar-refractivity contribution < 1.29 is 4.42 Å². The van der Waals surface area contributed by atoms with Crippen molar-refractivity contribution in [2.24, 2.45) is 0 Å². The van der Waals surface area contributed by atoms with Gasteiger partial charge in [0.1, 0.15) is 11.2 Å². The third kappa shape index (κ3) is 4.25. The van der Waals surface area contributed by atoms with Gasteiger partial charge in [-0.15, -0.1) is 0 Å². The van der Waals surface area contributed by atoms with Crippen molar-refractivity contribution in [3.63, 3.8) is 0 Å². The van der Waals surface area contributed by atoms with E-state index in [0.29, 0.717) is 5.92 Å². The standard InChI is InChI=1S/C43H31NO/c1-4-14-29(15-5-1)26-32(31-16-6-2-7-17-31)27-30-24-25-38-37(28-30)40-41-36-22-12-13-23-39(36)45-43(41)35-21-11-10-20-34(35)42(40)44(38)33-18-8-3-9-19-33/h1-25,28,32H,26-27H2. The van der Waals surface area contributed by atoms with Crippen molar-refractivity contribution in [1.29, 1.82) is 0 Å². The molecule has 2 aromatic heterocycles. The lowest BCUT2D eigenvalue weighted by Gasteiger charge is -2.18. The van der Waals surface area contributed by atoms with Crippen molar-refractivity contribution in [2.75, 3.05) is 0 Å². The number of hydrogen-bond acceptors (Lipinski definition) is 1. The lowest BCUT2D eigenvalue weighted by atomic mass is 9.86. The molecule has 0 fully saturated rings. The number of aromatic nitrogens is 1. The first kappa shape index (κ1) is 25.9. The molecule has 0 spiro atoms. The van der Waals surface area contributed by atoms with Crippen LogP contribution in [0.2, 0.25) is 0 Å². The van der Waals surface area contributed by atoms with Gasteiger partial charge in [0.2, 0.25) is 0 Å². The first-order valence-electron chi connectivity index (χ1n) is 15.8. The summed E-state index contributed by atoms with van der Waals surface area (Å²) in [6.45, 7) is 0. The van der Waals surface area contributed by atoms with Crippen LogP contribution in [0.25, 0.3) is 60.2 Å². The minimum Gasteiger partial charge on any atom is -0.455 e. The molecule has 0 amide bonds. The maximum absolute atomic E-state index is 6.65. The summed E-state index contributed by atoms with van der Waals surface area (Å²) in [5.41, 5.74) is 9.57. The van der Waals surface area contributed by atoms with Gasteiger partial charge in [-0.3, -0.25) is 0 Å². The number of rotatable bonds is 6. The second-order valence-electron chi connectivity index (χ2n) is 12.1. The molecule has 214 valence electrons. The first-order chi connectivity index (χ1) is 22.3. The first-order valence-corrected chi connectivity index (χ1v) is 15.8. The highest BCUT2D eigenvalue weighted by atomic mass is 16.3. The van der Waals surface area contributed by atoms with Gasteiger partial charge >= 0.3 is 0 Å². The van der Waals surface area contributed by atoms with E-state index in [0.717, 1.165) is 40.5 Å². The Morgan fingerprint density at radius 1 is 0.489 bits per heavy atom. The Morgan fingerprint density at radius 2 is 1.11 bits per heavy atom. The normalized spacial score (nSPS) is 12.5. The van der Waals surface area contributed by atoms with Crippen LogP contribution in [0.15, 0.2) is 162 Å². The van der Waals surface area contributed by atoms with E-state index in [1.165, 1.54) is 49.3 Å². The van der Waals surface area contributed by atoms with Crippen LogP contribution in [0.3, 0.4) is 0 Å². The lowest BCUT2D eigenvalue weighted by Crippen LogP contribution is -2.07. The zero-order valence-corrected chi connectivity index (χ0v) is 24.9.